The number of anilines is 1. The molecule has 0 spiro atoms. The topological polar surface area (TPSA) is 77.6 Å². The predicted octanol–water partition coefficient (Wildman–Crippen LogP) is 3.94. The third kappa shape index (κ3) is 4.81. The van der Waals surface area contributed by atoms with Crippen molar-refractivity contribution in [2.75, 3.05) is 11.1 Å². The van der Waals surface area contributed by atoms with Gasteiger partial charge in [-0.15, -0.1) is 10.2 Å². The molecule has 3 rings (SSSR count). The molecular formula is C20H26N6OS. The molecule has 2 aromatic heterocycles. The van der Waals surface area contributed by atoms with Crippen LogP contribution in [0.5, 0.6) is 0 Å². The first-order chi connectivity index (χ1) is 13.5. The number of aryl methyl sites for hydroxylation is 1. The summed E-state index contributed by atoms with van der Waals surface area (Å²) in [7, 11) is 1.87. The maximum atomic E-state index is 12.4. The Morgan fingerprint density at radius 2 is 1.96 bits per heavy atom. The number of rotatable bonds is 8. The van der Waals surface area contributed by atoms with Crippen molar-refractivity contribution in [3.63, 3.8) is 0 Å². The summed E-state index contributed by atoms with van der Waals surface area (Å²) in [5.41, 5.74) is 2.98. The van der Waals surface area contributed by atoms with Crippen LogP contribution in [-0.2, 0) is 18.4 Å². The number of nitrogens with one attached hydrogen (secondary N) is 1. The van der Waals surface area contributed by atoms with E-state index in [0.29, 0.717) is 5.92 Å². The van der Waals surface area contributed by atoms with Gasteiger partial charge in [-0.2, -0.15) is 5.10 Å². The van der Waals surface area contributed by atoms with Crippen LogP contribution in [0, 0.1) is 0 Å². The summed E-state index contributed by atoms with van der Waals surface area (Å²) >= 11 is 1.39. The minimum atomic E-state index is -0.0590. The highest BCUT2D eigenvalue weighted by Gasteiger charge is 2.16. The fourth-order valence-electron chi connectivity index (χ4n) is 2.85. The van der Waals surface area contributed by atoms with E-state index < -0.39 is 0 Å². The van der Waals surface area contributed by atoms with Gasteiger partial charge < -0.3 is 9.88 Å². The van der Waals surface area contributed by atoms with Crippen LogP contribution in [0.4, 0.5) is 5.69 Å². The van der Waals surface area contributed by atoms with Crippen molar-refractivity contribution >= 4 is 23.4 Å². The van der Waals surface area contributed by atoms with Crippen LogP contribution in [0.2, 0.25) is 0 Å². The summed E-state index contributed by atoms with van der Waals surface area (Å²) in [6, 6.07) is 7.98. The Balaban J connectivity index is 1.65. The van der Waals surface area contributed by atoms with E-state index in [2.05, 4.69) is 41.4 Å². The molecule has 0 unspecified atom stereocenters. The molecule has 148 valence electrons. The van der Waals surface area contributed by atoms with E-state index in [1.165, 1.54) is 17.3 Å². The number of benzene rings is 1. The van der Waals surface area contributed by atoms with Crippen LogP contribution in [0.25, 0.3) is 11.4 Å². The molecule has 0 atom stereocenters. The minimum absolute atomic E-state index is 0.0590. The van der Waals surface area contributed by atoms with E-state index in [1.54, 1.807) is 10.9 Å². The minimum Gasteiger partial charge on any atom is -0.325 e. The smallest absolute Gasteiger partial charge is 0.234 e. The van der Waals surface area contributed by atoms with E-state index in [0.717, 1.165) is 35.2 Å². The summed E-state index contributed by atoms with van der Waals surface area (Å²) in [5.74, 6) is 1.47. The van der Waals surface area contributed by atoms with Crippen molar-refractivity contribution < 1.29 is 4.79 Å². The highest BCUT2D eigenvalue weighted by Crippen LogP contribution is 2.24. The summed E-state index contributed by atoms with van der Waals surface area (Å²) < 4.78 is 3.79. The van der Waals surface area contributed by atoms with Crippen LogP contribution >= 0.6 is 11.8 Å². The first-order valence-electron chi connectivity index (χ1n) is 9.42. The second-order valence-corrected chi connectivity index (χ2v) is 7.92. The molecule has 0 radical (unpaired) electrons. The zero-order valence-electron chi connectivity index (χ0n) is 16.7. The average Bonchev–Trinajstić information content (AvgIpc) is 3.27. The second kappa shape index (κ2) is 9.05. The number of thioether (sulfide) groups is 1. The van der Waals surface area contributed by atoms with Crippen molar-refractivity contribution in [1.29, 1.82) is 0 Å². The molecule has 0 aliphatic carbocycles. The maximum Gasteiger partial charge on any atom is 0.234 e. The first kappa shape index (κ1) is 20.1. The molecule has 0 aliphatic rings. The molecule has 2 heterocycles. The SMILES string of the molecule is CCCn1c(SCC(=O)Nc2ccc(C(C)C)cc2)nnc1-c1cnn(C)c1. The fraction of sp³-hybridized carbons (Fsp3) is 0.400. The molecule has 28 heavy (non-hydrogen) atoms. The van der Waals surface area contributed by atoms with Gasteiger partial charge in [0.15, 0.2) is 11.0 Å². The second-order valence-electron chi connectivity index (χ2n) is 6.97. The monoisotopic (exact) mass is 398 g/mol. The van der Waals surface area contributed by atoms with Gasteiger partial charge in [0, 0.05) is 25.5 Å². The van der Waals surface area contributed by atoms with Crippen molar-refractivity contribution in [2.45, 2.75) is 44.8 Å². The van der Waals surface area contributed by atoms with Crippen LogP contribution in [0.3, 0.4) is 0 Å². The van der Waals surface area contributed by atoms with Gasteiger partial charge in [-0.25, -0.2) is 0 Å². The summed E-state index contributed by atoms with van der Waals surface area (Å²) in [5, 5.41) is 16.5. The van der Waals surface area contributed by atoms with E-state index in [4.69, 9.17) is 0 Å². The lowest BCUT2D eigenvalue weighted by Gasteiger charge is -2.09. The van der Waals surface area contributed by atoms with Gasteiger partial charge in [0.05, 0.1) is 17.5 Å². The largest absolute Gasteiger partial charge is 0.325 e. The molecule has 0 saturated carbocycles. The number of nitrogens with zero attached hydrogens (tertiary/aromatic N) is 5. The van der Waals surface area contributed by atoms with Gasteiger partial charge in [0.25, 0.3) is 0 Å². The lowest BCUT2D eigenvalue weighted by atomic mass is 10.0. The Morgan fingerprint density at radius 1 is 1.21 bits per heavy atom. The molecule has 7 nitrogen and oxygen atoms in total. The third-order valence-electron chi connectivity index (χ3n) is 4.32. The van der Waals surface area contributed by atoms with Crippen molar-refractivity contribution in [3.8, 4) is 11.4 Å². The van der Waals surface area contributed by atoms with E-state index in [1.807, 2.05) is 42.1 Å². The Labute approximate surface area is 169 Å². The molecule has 1 N–H and O–H groups in total. The Hall–Kier alpha value is -2.61. The van der Waals surface area contributed by atoms with Gasteiger partial charge in [-0.1, -0.05) is 44.7 Å². The van der Waals surface area contributed by atoms with Crippen LogP contribution in [-0.4, -0.2) is 36.2 Å². The molecule has 0 bridgehead atoms. The zero-order chi connectivity index (χ0) is 20.1. The predicted molar refractivity (Wildman–Crippen MR) is 112 cm³/mol. The zero-order valence-corrected chi connectivity index (χ0v) is 17.5. The molecule has 1 aromatic carbocycles. The van der Waals surface area contributed by atoms with Crippen LogP contribution < -0.4 is 5.32 Å². The first-order valence-corrected chi connectivity index (χ1v) is 10.4. The molecule has 0 saturated heterocycles. The quantitative estimate of drug-likeness (QED) is 0.582. The van der Waals surface area contributed by atoms with Gasteiger partial charge in [0.2, 0.25) is 5.91 Å². The number of carbonyl (C=O) groups excluding carboxylic acids is 1. The van der Waals surface area contributed by atoms with Gasteiger partial charge in [-0.05, 0) is 30.0 Å². The molecule has 1 amide bonds. The van der Waals surface area contributed by atoms with Crippen molar-refractivity contribution in [3.05, 3.63) is 42.2 Å². The number of amides is 1. The van der Waals surface area contributed by atoms with Crippen molar-refractivity contribution in [2.24, 2.45) is 7.05 Å². The number of hydrogen-bond acceptors (Lipinski definition) is 5. The third-order valence-corrected chi connectivity index (χ3v) is 5.29. The van der Waals surface area contributed by atoms with E-state index in [9.17, 15) is 4.79 Å². The molecule has 8 heteroatoms. The fourth-order valence-corrected chi connectivity index (χ4v) is 3.61. The van der Waals surface area contributed by atoms with E-state index in [-0.39, 0.29) is 11.7 Å². The number of aromatic nitrogens is 5. The van der Waals surface area contributed by atoms with Gasteiger partial charge in [0.1, 0.15) is 0 Å². The number of hydrogen-bond donors (Lipinski definition) is 1. The van der Waals surface area contributed by atoms with Gasteiger partial charge in [-0.3, -0.25) is 9.48 Å². The summed E-state index contributed by atoms with van der Waals surface area (Å²) in [4.78, 5) is 12.4. The molecular weight excluding hydrogens is 372 g/mol. The standard InChI is InChI=1S/C20H26N6OS/c1-5-10-26-19(16-11-21-25(4)12-16)23-24-20(26)28-13-18(27)22-17-8-6-15(7-9-17)14(2)3/h6-9,11-12,14H,5,10,13H2,1-4H3,(H,22,27). The summed E-state index contributed by atoms with van der Waals surface area (Å²) in [6.07, 6.45) is 4.64. The van der Waals surface area contributed by atoms with Crippen molar-refractivity contribution in [1.82, 2.24) is 24.5 Å². The van der Waals surface area contributed by atoms with E-state index >= 15 is 0 Å². The highest BCUT2D eigenvalue weighted by atomic mass is 32.2. The van der Waals surface area contributed by atoms with Crippen LogP contribution in [0.15, 0.2) is 41.8 Å². The average molecular weight is 399 g/mol. The highest BCUT2D eigenvalue weighted by molar-refractivity contribution is 7.99. The normalized spacial score (nSPS) is 11.2. The molecule has 3 aromatic rings. The maximum absolute atomic E-state index is 12.4. The molecule has 0 fully saturated rings. The summed E-state index contributed by atoms with van der Waals surface area (Å²) in [6.45, 7) is 7.19. The van der Waals surface area contributed by atoms with Gasteiger partial charge >= 0.3 is 0 Å². The Morgan fingerprint density at radius 3 is 2.57 bits per heavy atom. The molecule has 0 aliphatic heterocycles. The Kier molecular flexibility index (Phi) is 6.51. The van der Waals surface area contributed by atoms with Crippen LogP contribution in [0.1, 0.15) is 38.7 Å². The number of carbonyl (C=O) groups is 1. The lowest BCUT2D eigenvalue weighted by Crippen LogP contribution is -2.14. The Bertz CT molecular complexity index is 929. The lowest BCUT2D eigenvalue weighted by molar-refractivity contribution is -0.113.